The quantitative estimate of drug-likeness (QED) is 0.873. The molecular weight excluding hydrogens is 295 g/mol. The normalized spacial score (nSPS) is 14.6. The molecule has 1 atom stereocenters. The molecule has 1 aromatic rings. The number of pyridine rings is 1. The van der Waals surface area contributed by atoms with Gasteiger partial charge in [-0.2, -0.15) is 0 Å². The van der Waals surface area contributed by atoms with Crippen molar-refractivity contribution >= 4 is 33.2 Å². The Bertz CT molecular complexity index is 538. The zero-order valence-corrected chi connectivity index (χ0v) is 13.0. The molecule has 0 amide bonds. The third kappa shape index (κ3) is 3.82. The van der Waals surface area contributed by atoms with Crippen molar-refractivity contribution in [2.45, 2.75) is 38.6 Å². The van der Waals surface area contributed by atoms with E-state index in [9.17, 15) is 8.42 Å². The fourth-order valence-electron chi connectivity index (χ4n) is 1.03. The zero-order valence-electron chi connectivity index (χ0n) is 10.7. The number of nitrogens with zero attached hydrogens (tertiary/aromatic N) is 1. The fourth-order valence-corrected chi connectivity index (χ4v) is 2.78. The third-order valence-electron chi connectivity index (χ3n) is 2.71. The second-order valence-corrected chi connectivity index (χ2v) is 7.63. The largest absolute Gasteiger partial charge is 0.242 e. The molecule has 0 fully saturated rings. The van der Waals surface area contributed by atoms with Crippen molar-refractivity contribution in [1.82, 2.24) is 9.71 Å². The highest BCUT2D eigenvalue weighted by Crippen LogP contribution is 2.24. The van der Waals surface area contributed by atoms with Crippen molar-refractivity contribution in [2.75, 3.05) is 0 Å². The lowest BCUT2D eigenvalue weighted by molar-refractivity contribution is 0.317. The van der Waals surface area contributed by atoms with Gasteiger partial charge in [-0.05, 0) is 18.4 Å². The number of hydrogen-bond acceptors (Lipinski definition) is 3. The SMILES string of the molecule is CC(NS(=O)(=O)c1cnc(Cl)c(Cl)c1)C(C)(C)C. The van der Waals surface area contributed by atoms with Gasteiger partial charge in [0, 0.05) is 12.2 Å². The highest BCUT2D eigenvalue weighted by molar-refractivity contribution is 7.89. The first-order valence-corrected chi connectivity index (χ1v) is 7.61. The monoisotopic (exact) mass is 310 g/mol. The highest BCUT2D eigenvalue weighted by Gasteiger charge is 2.26. The van der Waals surface area contributed by atoms with Gasteiger partial charge in [0.15, 0.2) is 0 Å². The number of hydrogen-bond donors (Lipinski definition) is 1. The summed E-state index contributed by atoms with van der Waals surface area (Å²) >= 11 is 11.4. The second-order valence-electron chi connectivity index (χ2n) is 5.15. The summed E-state index contributed by atoms with van der Waals surface area (Å²) < 4.78 is 26.8. The van der Waals surface area contributed by atoms with E-state index < -0.39 is 10.0 Å². The van der Waals surface area contributed by atoms with Crippen LogP contribution in [-0.2, 0) is 10.0 Å². The second kappa shape index (κ2) is 5.33. The number of sulfonamides is 1. The van der Waals surface area contributed by atoms with Crippen LogP contribution in [0.5, 0.6) is 0 Å². The lowest BCUT2D eigenvalue weighted by atomic mass is 9.89. The van der Waals surface area contributed by atoms with Gasteiger partial charge in [-0.25, -0.2) is 18.1 Å². The van der Waals surface area contributed by atoms with Crippen LogP contribution in [0.2, 0.25) is 10.2 Å². The highest BCUT2D eigenvalue weighted by atomic mass is 35.5. The maximum atomic E-state index is 12.1. The molecule has 1 N–H and O–H groups in total. The Labute approximate surface area is 118 Å². The van der Waals surface area contributed by atoms with E-state index in [0.29, 0.717) is 0 Å². The number of nitrogens with one attached hydrogen (secondary N) is 1. The molecule has 18 heavy (non-hydrogen) atoms. The molecule has 0 radical (unpaired) electrons. The van der Waals surface area contributed by atoms with Gasteiger partial charge >= 0.3 is 0 Å². The van der Waals surface area contributed by atoms with Gasteiger partial charge in [0.25, 0.3) is 0 Å². The van der Waals surface area contributed by atoms with Crippen LogP contribution in [0.15, 0.2) is 17.2 Å². The summed E-state index contributed by atoms with van der Waals surface area (Å²) in [5.41, 5.74) is -0.184. The van der Waals surface area contributed by atoms with Crippen molar-refractivity contribution in [3.63, 3.8) is 0 Å². The minimum Gasteiger partial charge on any atom is -0.242 e. The van der Waals surface area contributed by atoms with Crippen LogP contribution in [0.1, 0.15) is 27.7 Å². The summed E-state index contributed by atoms with van der Waals surface area (Å²) in [7, 11) is -3.64. The summed E-state index contributed by atoms with van der Waals surface area (Å²) in [6.45, 7) is 7.66. The summed E-state index contributed by atoms with van der Waals surface area (Å²) in [5.74, 6) is 0. The van der Waals surface area contributed by atoms with Crippen molar-refractivity contribution in [3.8, 4) is 0 Å². The summed E-state index contributed by atoms with van der Waals surface area (Å²) in [6.07, 6.45) is 1.19. The van der Waals surface area contributed by atoms with E-state index in [1.54, 1.807) is 0 Å². The molecule has 0 saturated carbocycles. The molecule has 0 spiro atoms. The molecule has 1 aromatic heterocycles. The van der Waals surface area contributed by atoms with Crippen molar-refractivity contribution in [1.29, 1.82) is 0 Å². The van der Waals surface area contributed by atoms with E-state index in [4.69, 9.17) is 23.2 Å². The van der Waals surface area contributed by atoms with Gasteiger partial charge in [0.05, 0.1) is 5.02 Å². The van der Waals surface area contributed by atoms with E-state index >= 15 is 0 Å². The molecule has 102 valence electrons. The molecule has 0 bridgehead atoms. The molecule has 0 aliphatic carbocycles. The van der Waals surface area contributed by atoms with Crippen LogP contribution < -0.4 is 4.72 Å². The predicted octanol–water partition coefficient (Wildman–Crippen LogP) is 3.10. The van der Waals surface area contributed by atoms with Gasteiger partial charge in [-0.15, -0.1) is 0 Å². The average Bonchev–Trinajstić information content (AvgIpc) is 2.19. The van der Waals surface area contributed by atoms with Gasteiger partial charge in [-0.3, -0.25) is 0 Å². The first-order chi connectivity index (χ1) is 8.04. The molecule has 1 heterocycles. The summed E-state index contributed by atoms with van der Waals surface area (Å²) in [5, 5.41) is 0.197. The Kier molecular flexibility index (Phi) is 4.65. The van der Waals surface area contributed by atoms with E-state index in [1.807, 2.05) is 27.7 Å². The Morgan fingerprint density at radius 1 is 1.33 bits per heavy atom. The maximum absolute atomic E-state index is 12.1. The number of aromatic nitrogens is 1. The Hall–Kier alpha value is -0.360. The minimum atomic E-state index is -3.64. The molecule has 0 aliphatic heterocycles. The lowest BCUT2D eigenvalue weighted by Gasteiger charge is -2.27. The molecule has 4 nitrogen and oxygen atoms in total. The van der Waals surface area contributed by atoms with Crippen molar-refractivity contribution in [2.24, 2.45) is 5.41 Å². The van der Waals surface area contributed by atoms with E-state index in [0.717, 1.165) is 0 Å². The van der Waals surface area contributed by atoms with Crippen LogP contribution in [0, 0.1) is 5.41 Å². The fraction of sp³-hybridized carbons (Fsp3) is 0.545. The molecular formula is C11H16Cl2N2O2S. The Balaban J connectivity index is 3.04. The first-order valence-electron chi connectivity index (χ1n) is 5.37. The lowest BCUT2D eigenvalue weighted by Crippen LogP contribution is -2.41. The van der Waals surface area contributed by atoms with Crippen molar-refractivity contribution in [3.05, 3.63) is 22.4 Å². The average molecular weight is 311 g/mol. The molecule has 1 unspecified atom stereocenters. The molecule has 0 aliphatic rings. The molecule has 7 heteroatoms. The maximum Gasteiger partial charge on any atom is 0.242 e. The van der Waals surface area contributed by atoms with Crippen LogP contribution >= 0.6 is 23.2 Å². The Morgan fingerprint density at radius 3 is 2.33 bits per heavy atom. The van der Waals surface area contributed by atoms with E-state index in [-0.39, 0.29) is 26.5 Å². The predicted molar refractivity (Wildman–Crippen MR) is 73.5 cm³/mol. The van der Waals surface area contributed by atoms with Crippen LogP contribution in [0.3, 0.4) is 0 Å². The minimum absolute atomic E-state index is 0.00741. The molecule has 0 saturated heterocycles. The number of rotatable bonds is 3. The standard InChI is InChI=1S/C11H16Cl2N2O2S/c1-7(11(2,3)4)15-18(16,17)8-5-9(12)10(13)14-6-8/h5-7,15H,1-4H3. The number of halogens is 2. The van der Waals surface area contributed by atoms with Crippen LogP contribution in [0.4, 0.5) is 0 Å². The molecule has 1 rings (SSSR count). The van der Waals surface area contributed by atoms with Gasteiger partial charge in [-0.1, -0.05) is 44.0 Å². The first kappa shape index (κ1) is 15.7. The topological polar surface area (TPSA) is 59.1 Å². The smallest absolute Gasteiger partial charge is 0.242 e. The van der Waals surface area contributed by atoms with Gasteiger partial charge in [0.1, 0.15) is 10.0 Å². The third-order valence-corrected chi connectivity index (χ3v) is 4.91. The van der Waals surface area contributed by atoms with E-state index in [1.165, 1.54) is 12.3 Å². The van der Waals surface area contributed by atoms with Crippen molar-refractivity contribution < 1.29 is 8.42 Å². The summed E-state index contributed by atoms with van der Waals surface area (Å²) in [4.78, 5) is 3.74. The van der Waals surface area contributed by atoms with Crippen LogP contribution in [-0.4, -0.2) is 19.4 Å². The Morgan fingerprint density at radius 2 is 1.89 bits per heavy atom. The summed E-state index contributed by atoms with van der Waals surface area (Å²) in [6, 6.07) is 1.06. The zero-order chi connectivity index (χ0) is 14.1. The van der Waals surface area contributed by atoms with Gasteiger partial charge in [0.2, 0.25) is 10.0 Å². The van der Waals surface area contributed by atoms with E-state index in [2.05, 4.69) is 9.71 Å². The van der Waals surface area contributed by atoms with Crippen LogP contribution in [0.25, 0.3) is 0 Å². The van der Waals surface area contributed by atoms with Gasteiger partial charge < -0.3 is 0 Å². The molecule has 0 aromatic carbocycles.